The van der Waals surface area contributed by atoms with Crippen molar-refractivity contribution in [3.05, 3.63) is 350 Å². The molecule has 0 aliphatic heterocycles. The van der Waals surface area contributed by atoms with E-state index in [4.69, 9.17) is 18.2 Å². The van der Waals surface area contributed by atoms with Crippen molar-refractivity contribution in [2.45, 2.75) is 232 Å². The Balaban J connectivity index is 0.929. The van der Waals surface area contributed by atoms with Crippen LogP contribution in [0.3, 0.4) is 0 Å². The Bertz CT molecular complexity index is 6880. The van der Waals surface area contributed by atoms with E-state index < -0.39 is 16.8 Å². The average molecular weight is 1800 g/mol. The van der Waals surface area contributed by atoms with E-state index in [2.05, 4.69) is 312 Å². The SMILES string of the molecule is CCCCCCOc1ccc(N(c2ccc(OCCCCCC)cc2)c2c3ccccc3c3c4c(cccc24)C(c2ccc(CCCCCC)cc2)(c2ccc(CCCCCC)cc2)c2c-3sc3c4c(sc23)-c2c3ccccc3c(C#Cc3ccc(-c5ccc(C(=O)O)cc5)c5nsnc35)c3cccc(c23)C4(c2ccc(CCCCCC)cc2)c2ccc(CCCCCC)cc2)cc1. The lowest BCUT2D eigenvalue weighted by atomic mass is 9.59. The highest BCUT2D eigenvalue weighted by Crippen LogP contribution is 2.69. The van der Waals surface area contributed by atoms with Gasteiger partial charge in [-0.05, 0) is 224 Å². The Kier molecular flexibility index (Phi) is 28.0. The van der Waals surface area contributed by atoms with E-state index in [1.807, 2.05) is 23.5 Å². The molecule has 0 unspecified atom stereocenters. The van der Waals surface area contributed by atoms with Crippen LogP contribution in [0.25, 0.3) is 95.5 Å². The van der Waals surface area contributed by atoms with Crippen molar-refractivity contribution in [3.8, 4) is 55.3 Å². The summed E-state index contributed by atoms with van der Waals surface area (Å²) in [6.45, 7) is 15.2. The maximum atomic E-state index is 12.1. The highest BCUT2D eigenvalue weighted by atomic mass is 32.1. The second-order valence-corrected chi connectivity index (χ2v) is 39.8. The lowest BCUT2D eigenvalue weighted by Crippen LogP contribution is -2.33. The van der Waals surface area contributed by atoms with Crippen LogP contribution in [0, 0.1) is 11.8 Å². The predicted molar refractivity (Wildman–Crippen MR) is 565 cm³/mol. The first kappa shape index (κ1) is 90.2. The van der Waals surface area contributed by atoms with E-state index >= 15 is 0 Å². The molecule has 0 fully saturated rings. The molecule has 133 heavy (non-hydrogen) atoms. The van der Waals surface area contributed by atoms with Crippen LogP contribution < -0.4 is 14.4 Å². The largest absolute Gasteiger partial charge is 0.494 e. The third-order valence-corrected chi connectivity index (χ3v) is 31.7. The van der Waals surface area contributed by atoms with Crippen LogP contribution in [0.2, 0.25) is 0 Å². The number of carboxylic acid groups (broad SMARTS) is 1. The number of aromatic nitrogens is 2. The number of ether oxygens (including phenoxy) is 2. The number of benzene rings is 14. The van der Waals surface area contributed by atoms with Crippen molar-refractivity contribution in [2.75, 3.05) is 18.1 Å². The normalized spacial score (nSPS) is 12.9. The maximum absolute atomic E-state index is 12.1. The van der Waals surface area contributed by atoms with E-state index in [0.717, 1.165) is 155 Å². The number of carboxylic acids is 1. The summed E-state index contributed by atoms with van der Waals surface area (Å²) in [5, 5.41) is 19.3. The highest BCUT2D eigenvalue weighted by Gasteiger charge is 2.53. The summed E-state index contributed by atoms with van der Waals surface area (Å²) in [4.78, 5) is 17.2. The monoisotopic (exact) mass is 1800 g/mol. The van der Waals surface area contributed by atoms with Crippen LogP contribution in [0.15, 0.2) is 267 Å². The van der Waals surface area contributed by atoms with Gasteiger partial charge in [0.05, 0.1) is 62.0 Å². The lowest BCUT2D eigenvalue weighted by molar-refractivity contribution is 0.0696. The number of carbonyl (C=O) groups is 1. The number of aromatic carboxylic acids is 1. The molecule has 14 aromatic carbocycles. The highest BCUT2D eigenvalue weighted by molar-refractivity contribution is 7.32. The number of hydrogen-bond donors (Lipinski definition) is 1. The summed E-state index contributed by atoms with van der Waals surface area (Å²) in [6.07, 6.45) is 32.3. The Morgan fingerprint density at radius 3 is 1.17 bits per heavy atom. The van der Waals surface area contributed by atoms with Crippen LogP contribution >= 0.6 is 34.4 Å². The number of unbranched alkanes of at least 4 members (excludes halogenated alkanes) is 18. The van der Waals surface area contributed by atoms with Crippen LogP contribution in [0.4, 0.5) is 17.1 Å². The fourth-order valence-electron chi connectivity index (χ4n) is 21.7. The summed E-state index contributed by atoms with van der Waals surface area (Å²) in [5.74, 6) is 8.56. The number of hydrogen-bond acceptors (Lipinski definition) is 9. The molecular weight excluding hydrogens is 1680 g/mol. The average Bonchev–Trinajstić information content (AvgIpc) is 1.50. The zero-order valence-electron chi connectivity index (χ0n) is 78.4. The summed E-state index contributed by atoms with van der Waals surface area (Å²) < 4.78 is 25.7. The van der Waals surface area contributed by atoms with Gasteiger partial charge in [0.1, 0.15) is 22.5 Å². The molecule has 2 aliphatic carbocycles. The van der Waals surface area contributed by atoms with Crippen molar-refractivity contribution in [2.24, 2.45) is 0 Å². The molecule has 7 nitrogen and oxygen atoms in total. The Morgan fingerprint density at radius 2 is 0.744 bits per heavy atom. The molecule has 19 rings (SSSR count). The third kappa shape index (κ3) is 17.4. The first-order chi connectivity index (χ1) is 65.6. The van der Waals surface area contributed by atoms with E-state index in [-0.39, 0.29) is 5.56 Å². The van der Waals surface area contributed by atoms with Crippen molar-refractivity contribution >= 4 is 121 Å². The fourth-order valence-corrected chi connectivity index (χ4v) is 25.5. The van der Waals surface area contributed by atoms with Gasteiger partial charge in [0.25, 0.3) is 0 Å². The van der Waals surface area contributed by atoms with Gasteiger partial charge in [-0.3, -0.25) is 0 Å². The molecule has 1 N–H and O–H groups in total. The molecule has 0 bridgehead atoms. The Labute approximate surface area is 799 Å². The molecule has 17 aromatic rings. The maximum Gasteiger partial charge on any atom is 0.335 e. The molecule has 0 amide bonds. The first-order valence-corrected chi connectivity index (χ1v) is 52.3. The number of thiophene rings is 2. The molecule has 0 saturated heterocycles. The molecule has 10 heteroatoms. The summed E-state index contributed by atoms with van der Waals surface area (Å²) >= 11 is 5.28. The van der Waals surface area contributed by atoms with Crippen molar-refractivity contribution in [3.63, 3.8) is 0 Å². The quantitative estimate of drug-likeness (QED) is 0.0232. The van der Waals surface area contributed by atoms with Gasteiger partial charge in [-0.2, -0.15) is 8.75 Å². The van der Waals surface area contributed by atoms with Gasteiger partial charge in [-0.25, -0.2) is 4.79 Å². The van der Waals surface area contributed by atoms with Gasteiger partial charge in [0.15, 0.2) is 0 Å². The van der Waals surface area contributed by atoms with Gasteiger partial charge >= 0.3 is 5.97 Å². The van der Waals surface area contributed by atoms with Crippen LogP contribution in [0.5, 0.6) is 11.5 Å². The number of aryl methyl sites for hydroxylation is 4. The van der Waals surface area contributed by atoms with E-state index in [0.29, 0.717) is 13.2 Å². The van der Waals surface area contributed by atoms with Crippen LogP contribution in [-0.2, 0) is 36.5 Å². The Hall–Kier alpha value is -12.0. The molecule has 3 aromatic heterocycles. The second-order valence-electron chi connectivity index (χ2n) is 37.2. The number of anilines is 3. The molecule has 2 aliphatic rings. The van der Waals surface area contributed by atoms with E-state index in [9.17, 15) is 9.90 Å². The summed E-state index contributed by atoms with van der Waals surface area (Å²) in [6, 6.07) is 103. The molecule has 0 atom stereocenters. The molecule has 0 spiro atoms. The minimum absolute atomic E-state index is 0.234. The first-order valence-electron chi connectivity index (χ1n) is 49.9. The molecule has 0 saturated carbocycles. The zero-order chi connectivity index (χ0) is 90.8. The number of rotatable bonds is 41. The minimum Gasteiger partial charge on any atom is -0.494 e. The van der Waals surface area contributed by atoms with Gasteiger partial charge in [-0.15, -0.1) is 22.7 Å². The van der Waals surface area contributed by atoms with Gasteiger partial charge in [0.2, 0.25) is 0 Å². The van der Waals surface area contributed by atoms with Gasteiger partial charge < -0.3 is 19.5 Å². The molecule has 3 heterocycles. The predicted octanol–water partition coefficient (Wildman–Crippen LogP) is 35.0. The summed E-state index contributed by atoms with van der Waals surface area (Å²) in [7, 11) is 0. The molecule has 672 valence electrons. The van der Waals surface area contributed by atoms with E-state index in [1.165, 1.54) is 238 Å². The molecule has 0 radical (unpaired) electrons. The van der Waals surface area contributed by atoms with Gasteiger partial charge in [-0.1, -0.05) is 369 Å². The van der Waals surface area contributed by atoms with Crippen molar-refractivity contribution in [1.29, 1.82) is 0 Å². The molecular formula is C123H123N3O4S3. The Morgan fingerprint density at radius 1 is 0.361 bits per heavy atom. The third-order valence-electron chi connectivity index (χ3n) is 28.6. The fraction of sp³-hybridized carbons (Fsp3) is 0.309. The zero-order valence-corrected chi connectivity index (χ0v) is 80.8. The standard InChI is InChI=1S/C123H123N3O4S3/c1-7-13-19-25-37-83-49-63-90(64-50-83)122(91-65-51-84(52-66-91)38-26-20-14-8-2)106-47-35-45-101-100(80-62-88-61-79-98(115-114(88)124-133-125-115)87-57-59-89(60-58-87)121(127)128)99-41-29-30-42-102(99)110(108(101)106)117-112(122)119-120(131-117)113-118(132-119)111-103-43-31-32-44-104(103)116(126(94-71-75-96(76-72-94)129-81-33-23-17-11-5)95-73-77-97(78-74-95)130-82-34-24-18-12-6)105-46-36-48-107(109(105)111)123(113,92-67-53-85(54-68-92)39-27-21-15-9-3)93-69-55-86(56-70-93)40-28-22-16-10-4/h29-32,35-36,41-61,63-79H,7-28,33-34,37-40,81-82H2,1-6H3,(H,127,128). The van der Waals surface area contributed by atoms with Crippen LogP contribution in [-0.4, -0.2) is 33.0 Å². The topological polar surface area (TPSA) is 84.8 Å². The smallest absolute Gasteiger partial charge is 0.335 e. The summed E-state index contributed by atoms with van der Waals surface area (Å²) in [5.41, 5.74) is 24.8. The van der Waals surface area contributed by atoms with E-state index in [1.54, 1.807) is 12.1 Å². The second kappa shape index (κ2) is 41.3. The minimum atomic E-state index is -0.962. The number of nitrogens with zero attached hydrogens (tertiary/aromatic N) is 3. The van der Waals surface area contributed by atoms with Crippen molar-refractivity contribution in [1.82, 2.24) is 8.75 Å². The number of fused-ring (bicyclic) bond motifs is 12. The lowest BCUT2D eigenvalue weighted by Gasteiger charge is -2.42. The van der Waals surface area contributed by atoms with Gasteiger partial charge in [0, 0.05) is 65.3 Å². The van der Waals surface area contributed by atoms with Crippen LogP contribution in [0.1, 0.15) is 284 Å². The van der Waals surface area contributed by atoms with Crippen molar-refractivity contribution < 1.29 is 19.4 Å².